The number of ether oxygens (including phenoxy) is 4. The molecular formula is C29H54NO5+. The van der Waals surface area contributed by atoms with Crippen LogP contribution in [-0.2, 0) is 23.7 Å². The van der Waals surface area contributed by atoms with Crippen molar-refractivity contribution >= 4 is 5.97 Å². The highest BCUT2D eigenvalue weighted by atomic mass is 16.6. The van der Waals surface area contributed by atoms with E-state index in [-0.39, 0.29) is 5.97 Å². The molecule has 35 heavy (non-hydrogen) atoms. The molecule has 6 nitrogen and oxygen atoms in total. The second kappa shape index (κ2) is 25.6. The monoisotopic (exact) mass is 496 g/mol. The Morgan fingerprint density at radius 2 is 1.14 bits per heavy atom. The molecule has 204 valence electrons. The highest BCUT2D eigenvalue weighted by Gasteiger charge is 2.05. The quantitative estimate of drug-likeness (QED) is 0.0684. The number of hydrogen-bond acceptors (Lipinski definition) is 5. The number of unbranched alkanes of at least 4 members (excludes halogenated alkanes) is 5. The first-order chi connectivity index (χ1) is 17.0. The van der Waals surface area contributed by atoms with Crippen LogP contribution in [0.3, 0.4) is 0 Å². The summed E-state index contributed by atoms with van der Waals surface area (Å²) < 4.78 is 22.5. The summed E-state index contributed by atoms with van der Waals surface area (Å²) in [6.07, 6.45) is 23.8. The van der Waals surface area contributed by atoms with Gasteiger partial charge in [0.05, 0.1) is 60.8 Å². The molecule has 0 fully saturated rings. The molecule has 0 radical (unpaired) electrons. The zero-order valence-electron chi connectivity index (χ0n) is 23.2. The van der Waals surface area contributed by atoms with E-state index in [0.717, 1.165) is 56.2 Å². The Kier molecular flexibility index (Phi) is 24.5. The minimum atomic E-state index is -0.128. The lowest BCUT2D eigenvalue weighted by Gasteiger charge is -2.23. The maximum atomic E-state index is 11.8. The summed E-state index contributed by atoms with van der Waals surface area (Å²) in [5.41, 5.74) is 0. The molecule has 0 aliphatic heterocycles. The van der Waals surface area contributed by atoms with Gasteiger partial charge in [0, 0.05) is 6.42 Å². The predicted octanol–water partition coefficient (Wildman–Crippen LogP) is 5.88. The van der Waals surface area contributed by atoms with Crippen LogP contribution < -0.4 is 0 Å². The van der Waals surface area contributed by atoms with E-state index in [1.165, 1.54) is 19.3 Å². The van der Waals surface area contributed by atoms with E-state index in [0.29, 0.717) is 46.1 Å². The van der Waals surface area contributed by atoms with Gasteiger partial charge in [0.2, 0.25) is 0 Å². The van der Waals surface area contributed by atoms with Crippen LogP contribution in [0.2, 0.25) is 0 Å². The van der Waals surface area contributed by atoms with Gasteiger partial charge >= 0.3 is 5.97 Å². The average Bonchev–Trinajstić information content (AvgIpc) is 2.81. The molecule has 0 atom stereocenters. The van der Waals surface area contributed by atoms with E-state index >= 15 is 0 Å². The highest BCUT2D eigenvalue weighted by molar-refractivity contribution is 5.69. The Morgan fingerprint density at radius 3 is 1.77 bits per heavy atom. The molecule has 6 heteroatoms. The van der Waals surface area contributed by atoms with Crippen LogP contribution in [0.4, 0.5) is 0 Å². The average molecular weight is 497 g/mol. The van der Waals surface area contributed by atoms with Gasteiger partial charge in [-0.1, -0.05) is 62.6 Å². The van der Waals surface area contributed by atoms with Crippen molar-refractivity contribution in [1.29, 1.82) is 0 Å². The normalized spacial score (nSPS) is 12.5. The van der Waals surface area contributed by atoms with Gasteiger partial charge in [0.25, 0.3) is 0 Å². The first kappa shape index (κ1) is 33.5. The first-order valence-electron chi connectivity index (χ1n) is 13.6. The van der Waals surface area contributed by atoms with Crippen LogP contribution in [-0.4, -0.2) is 84.4 Å². The summed E-state index contributed by atoms with van der Waals surface area (Å²) in [4.78, 5) is 11.8. The molecule has 0 bridgehead atoms. The molecule has 0 aromatic heterocycles. The van der Waals surface area contributed by atoms with Crippen molar-refractivity contribution in [2.75, 3.05) is 73.9 Å². The maximum absolute atomic E-state index is 11.8. The van der Waals surface area contributed by atoms with Gasteiger partial charge in [0.1, 0.15) is 13.2 Å². The van der Waals surface area contributed by atoms with Crippen LogP contribution >= 0.6 is 0 Å². The number of quaternary nitrogens is 1. The lowest BCUT2D eigenvalue weighted by molar-refractivity contribution is -0.870. The second-order valence-corrected chi connectivity index (χ2v) is 9.67. The molecular weight excluding hydrogens is 442 g/mol. The Labute approximate surface area is 215 Å². The molecule has 0 saturated heterocycles. The van der Waals surface area contributed by atoms with Gasteiger partial charge in [-0.2, -0.15) is 0 Å². The summed E-state index contributed by atoms with van der Waals surface area (Å²) in [5, 5.41) is 0. The molecule has 0 heterocycles. The van der Waals surface area contributed by atoms with Crippen molar-refractivity contribution in [1.82, 2.24) is 0 Å². The summed E-state index contributed by atoms with van der Waals surface area (Å²) in [6, 6.07) is 0. The van der Waals surface area contributed by atoms with E-state index in [9.17, 15) is 4.79 Å². The van der Waals surface area contributed by atoms with E-state index in [4.69, 9.17) is 18.9 Å². The smallest absolute Gasteiger partial charge is 0.305 e. The molecule has 0 aromatic carbocycles. The van der Waals surface area contributed by atoms with E-state index in [1.54, 1.807) is 0 Å². The molecule has 0 aliphatic carbocycles. The first-order valence-corrected chi connectivity index (χ1v) is 13.6. The van der Waals surface area contributed by atoms with E-state index < -0.39 is 0 Å². The number of nitrogens with zero attached hydrogens (tertiary/aromatic N) is 1. The molecule has 0 unspecified atom stereocenters. The lowest BCUT2D eigenvalue weighted by Crippen LogP contribution is -2.37. The Morgan fingerprint density at radius 1 is 0.629 bits per heavy atom. The van der Waals surface area contributed by atoms with Gasteiger partial charge in [-0.05, 0) is 38.5 Å². The van der Waals surface area contributed by atoms with Crippen molar-refractivity contribution in [3.8, 4) is 0 Å². The zero-order valence-corrected chi connectivity index (χ0v) is 23.2. The number of allylic oxidation sites excluding steroid dienone is 6. The third-order valence-corrected chi connectivity index (χ3v) is 5.17. The summed E-state index contributed by atoms with van der Waals surface area (Å²) in [7, 11) is 6.43. The van der Waals surface area contributed by atoms with Gasteiger partial charge < -0.3 is 23.4 Å². The van der Waals surface area contributed by atoms with E-state index in [1.807, 2.05) is 0 Å². The largest absolute Gasteiger partial charge is 0.463 e. The lowest BCUT2D eigenvalue weighted by atomic mass is 10.1. The van der Waals surface area contributed by atoms with Crippen molar-refractivity contribution in [2.24, 2.45) is 0 Å². The summed E-state index contributed by atoms with van der Waals surface area (Å²) >= 11 is 0. The van der Waals surface area contributed by atoms with Crippen LogP contribution in [0, 0.1) is 0 Å². The summed E-state index contributed by atoms with van der Waals surface area (Å²) in [5.74, 6) is -0.128. The maximum Gasteiger partial charge on any atom is 0.305 e. The molecule has 0 rings (SSSR count). The van der Waals surface area contributed by atoms with Crippen LogP contribution in [0.15, 0.2) is 36.5 Å². The minimum absolute atomic E-state index is 0.128. The predicted molar refractivity (Wildman–Crippen MR) is 146 cm³/mol. The van der Waals surface area contributed by atoms with Gasteiger partial charge in [-0.25, -0.2) is 0 Å². The van der Waals surface area contributed by atoms with Gasteiger partial charge in [-0.3, -0.25) is 4.79 Å². The van der Waals surface area contributed by atoms with Crippen LogP contribution in [0.5, 0.6) is 0 Å². The molecule has 0 spiro atoms. The molecule has 0 N–H and O–H groups in total. The minimum Gasteiger partial charge on any atom is -0.463 e. The third kappa shape index (κ3) is 30.5. The fraction of sp³-hybridized carbons (Fsp3) is 0.759. The summed E-state index contributed by atoms with van der Waals surface area (Å²) in [6.45, 7) is 6.79. The molecule has 0 amide bonds. The Balaban J connectivity index is 3.29. The number of rotatable bonds is 25. The zero-order chi connectivity index (χ0) is 25.9. The molecule has 0 aliphatic rings. The Bertz CT molecular complexity index is 552. The van der Waals surface area contributed by atoms with Crippen molar-refractivity contribution < 1.29 is 28.2 Å². The van der Waals surface area contributed by atoms with Crippen molar-refractivity contribution in [2.45, 2.75) is 71.1 Å². The van der Waals surface area contributed by atoms with Crippen molar-refractivity contribution in [3.63, 3.8) is 0 Å². The van der Waals surface area contributed by atoms with Gasteiger partial charge in [-0.15, -0.1) is 0 Å². The third-order valence-electron chi connectivity index (χ3n) is 5.17. The number of likely N-dealkylation sites (N-methyl/N-ethyl adjacent to an activating group) is 1. The fourth-order valence-corrected chi connectivity index (χ4v) is 3.06. The van der Waals surface area contributed by atoms with Gasteiger partial charge in [0.15, 0.2) is 0 Å². The Hall–Kier alpha value is -1.47. The number of carbonyl (C=O) groups excluding carboxylic acids is 1. The molecule has 0 aromatic rings. The highest BCUT2D eigenvalue weighted by Crippen LogP contribution is 2.08. The topological polar surface area (TPSA) is 54.0 Å². The van der Waals surface area contributed by atoms with Crippen LogP contribution in [0.25, 0.3) is 0 Å². The standard InChI is InChI=1S/C29H54NO5/c1-5-6-7-8-9-10-11-12-13-14-15-16-17-18-19-20-29(31)35-28-27-34-26-25-33-24-23-32-22-21-30(2,3)4/h6-7,9-10,12-13H,5,8,11,14-28H2,1-4H3/q+1. The second-order valence-electron chi connectivity index (χ2n) is 9.67. The van der Waals surface area contributed by atoms with E-state index in [2.05, 4.69) is 64.5 Å². The van der Waals surface area contributed by atoms with Crippen LogP contribution in [0.1, 0.15) is 71.1 Å². The SMILES string of the molecule is CCC=CCC=CCC=CCCCCCCCC(=O)OCCOCCOCCOCC[N+](C)(C)C. The fourth-order valence-electron chi connectivity index (χ4n) is 3.06. The molecule has 0 saturated carbocycles. The number of esters is 1. The number of carbonyl (C=O) groups is 1. The van der Waals surface area contributed by atoms with Crippen molar-refractivity contribution in [3.05, 3.63) is 36.5 Å². The number of hydrogen-bond donors (Lipinski definition) is 0.